The van der Waals surface area contributed by atoms with E-state index >= 15 is 0 Å². The molecule has 8 heteroatoms. The summed E-state index contributed by atoms with van der Waals surface area (Å²) in [6, 6.07) is 14.4. The summed E-state index contributed by atoms with van der Waals surface area (Å²) < 4.78 is 16.0. The molecule has 0 atom stereocenters. The Kier molecular flexibility index (Phi) is 5.87. The highest BCUT2D eigenvalue weighted by Gasteiger charge is 2.31. The van der Waals surface area contributed by atoms with E-state index in [9.17, 15) is 9.18 Å². The summed E-state index contributed by atoms with van der Waals surface area (Å²) in [6.45, 7) is 0.115. The second kappa shape index (κ2) is 8.55. The SMILES string of the molecule is CN(Cc1c(F)cccc1Cl)C(=O)CSc1nnc(C2CC2)n1-c1ccccc1. The van der Waals surface area contributed by atoms with Gasteiger partial charge in [0, 0.05) is 35.8 Å². The minimum Gasteiger partial charge on any atom is -0.341 e. The van der Waals surface area contributed by atoms with Crippen LogP contribution in [0.25, 0.3) is 5.69 Å². The Morgan fingerprint density at radius 2 is 1.97 bits per heavy atom. The average molecular weight is 431 g/mol. The van der Waals surface area contributed by atoms with E-state index in [4.69, 9.17) is 11.6 Å². The second-order valence-electron chi connectivity index (χ2n) is 7.02. The first-order chi connectivity index (χ1) is 14.0. The highest BCUT2D eigenvalue weighted by molar-refractivity contribution is 7.99. The molecule has 1 fully saturated rings. The van der Waals surface area contributed by atoms with Crippen molar-refractivity contribution in [3.05, 3.63) is 70.8 Å². The van der Waals surface area contributed by atoms with Crippen LogP contribution in [0.3, 0.4) is 0 Å². The third-order valence-electron chi connectivity index (χ3n) is 4.82. The van der Waals surface area contributed by atoms with Gasteiger partial charge in [-0.05, 0) is 37.1 Å². The molecule has 0 unspecified atom stereocenters. The van der Waals surface area contributed by atoms with Crippen LogP contribution in [0.1, 0.15) is 30.1 Å². The number of hydrogen-bond acceptors (Lipinski definition) is 4. The first kappa shape index (κ1) is 19.9. The van der Waals surface area contributed by atoms with Gasteiger partial charge in [-0.25, -0.2) is 4.39 Å². The molecule has 150 valence electrons. The normalized spacial score (nSPS) is 13.5. The zero-order valence-corrected chi connectivity index (χ0v) is 17.5. The molecule has 29 heavy (non-hydrogen) atoms. The van der Waals surface area contributed by atoms with E-state index in [0.29, 0.717) is 21.7 Å². The van der Waals surface area contributed by atoms with Gasteiger partial charge >= 0.3 is 0 Å². The van der Waals surface area contributed by atoms with Gasteiger partial charge in [0.1, 0.15) is 11.6 Å². The third kappa shape index (κ3) is 4.46. The van der Waals surface area contributed by atoms with Gasteiger partial charge in [0.15, 0.2) is 5.16 Å². The Labute approximate surface area is 177 Å². The zero-order valence-electron chi connectivity index (χ0n) is 15.9. The van der Waals surface area contributed by atoms with Crippen molar-refractivity contribution in [3.63, 3.8) is 0 Å². The number of hydrogen-bond donors (Lipinski definition) is 0. The third-order valence-corrected chi connectivity index (χ3v) is 6.09. The number of rotatable bonds is 7. The van der Waals surface area contributed by atoms with Gasteiger partial charge in [0.05, 0.1) is 5.75 Å². The molecule has 1 aliphatic carbocycles. The van der Waals surface area contributed by atoms with E-state index in [1.807, 2.05) is 34.9 Å². The summed E-state index contributed by atoms with van der Waals surface area (Å²) in [5.41, 5.74) is 1.30. The Morgan fingerprint density at radius 3 is 2.66 bits per heavy atom. The van der Waals surface area contributed by atoms with Crippen molar-refractivity contribution in [1.29, 1.82) is 0 Å². The lowest BCUT2D eigenvalue weighted by atomic mass is 10.2. The van der Waals surface area contributed by atoms with Gasteiger partial charge in [-0.15, -0.1) is 10.2 Å². The molecule has 1 aliphatic rings. The van der Waals surface area contributed by atoms with Gasteiger partial charge in [0.25, 0.3) is 0 Å². The van der Waals surface area contributed by atoms with Crippen LogP contribution in [0.5, 0.6) is 0 Å². The highest BCUT2D eigenvalue weighted by atomic mass is 35.5. The Bertz CT molecular complexity index is 1000. The number of nitrogens with zero attached hydrogens (tertiary/aromatic N) is 4. The molecule has 0 aliphatic heterocycles. The summed E-state index contributed by atoms with van der Waals surface area (Å²) in [5, 5.41) is 9.69. The van der Waals surface area contributed by atoms with Crippen LogP contribution < -0.4 is 0 Å². The number of carbonyl (C=O) groups is 1. The molecule has 5 nitrogen and oxygen atoms in total. The van der Waals surface area contributed by atoms with E-state index in [0.717, 1.165) is 24.4 Å². The minimum atomic E-state index is -0.414. The van der Waals surface area contributed by atoms with Crippen molar-refractivity contribution in [2.45, 2.75) is 30.5 Å². The maximum atomic E-state index is 14.0. The molecule has 1 amide bonds. The van der Waals surface area contributed by atoms with E-state index in [2.05, 4.69) is 10.2 Å². The number of benzene rings is 2. The van der Waals surface area contributed by atoms with Crippen LogP contribution in [-0.4, -0.2) is 38.4 Å². The van der Waals surface area contributed by atoms with Crippen LogP contribution in [-0.2, 0) is 11.3 Å². The fourth-order valence-electron chi connectivity index (χ4n) is 3.05. The van der Waals surface area contributed by atoms with Gasteiger partial charge in [0.2, 0.25) is 5.91 Å². The van der Waals surface area contributed by atoms with Gasteiger partial charge in [-0.3, -0.25) is 9.36 Å². The minimum absolute atomic E-state index is 0.115. The lowest BCUT2D eigenvalue weighted by Gasteiger charge is -2.18. The smallest absolute Gasteiger partial charge is 0.233 e. The molecule has 4 rings (SSSR count). The van der Waals surface area contributed by atoms with Crippen LogP contribution >= 0.6 is 23.4 Å². The number of halogens is 2. The van der Waals surface area contributed by atoms with Crippen LogP contribution in [0.2, 0.25) is 5.02 Å². The molecule has 3 aromatic rings. The van der Waals surface area contributed by atoms with E-state index in [1.54, 1.807) is 19.2 Å². The largest absolute Gasteiger partial charge is 0.341 e. The maximum absolute atomic E-state index is 14.0. The highest BCUT2D eigenvalue weighted by Crippen LogP contribution is 2.41. The van der Waals surface area contributed by atoms with Crippen LogP contribution in [0.15, 0.2) is 53.7 Å². The molecule has 1 saturated carbocycles. The number of amides is 1. The summed E-state index contributed by atoms with van der Waals surface area (Å²) >= 11 is 7.41. The van der Waals surface area contributed by atoms with E-state index in [1.165, 1.54) is 22.7 Å². The monoisotopic (exact) mass is 430 g/mol. The predicted octanol–water partition coefficient (Wildman–Crippen LogP) is 4.69. The molecule has 0 radical (unpaired) electrons. The second-order valence-corrected chi connectivity index (χ2v) is 8.37. The number of para-hydroxylation sites is 1. The number of aromatic nitrogens is 3. The first-order valence-corrected chi connectivity index (χ1v) is 10.7. The number of carbonyl (C=O) groups excluding carboxylic acids is 1. The van der Waals surface area contributed by atoms with Crippen LogP contribution in [0.4, 0.5) is 4.39 Å². The van der Waals surface area contributed by atoms with Crippen LogP contribution in [0, 0.1) is 5.82 Å². The summed E-state index contributed by atoms with van der Waals surface area (Å²) in [5.74, 6) is 1.00. The van der Waals surface area contributed by atoms with Gasteiger partial charge in [-0.1, -0.05) is 47.6 Å². The molecule has 2 aromatic carbocycles. The molecule has 0 bridgehead atoms. The maximum Gasteiger partial charge on any atom is 0.233 e. The molecule has 0 spiro atoms. The van der Waals surface area contributed by atoms with Crippen molar-refractivity contribution in [2.75, 3.05) is 12.8 Å². The molecule has 1 aromatic heterocycles. The summed E-state index contributed by atoms with van der Waals surface area (Å²) in [7, 11) is 1.64. The predicted molar refractivity (Wildman–Crippen MR) is 112 cm³/mol. The molecular weight excluding hydrogens is 411 g/mol. The van der Waals surface area contributed by atoms with Gasteiger partial charge in [-0.2, -0.15) is 0 Å². The fraction of sp³-hybridized carbons (Fsp3) is 0.286. The van der Waals surface area contributed by atoms with E-state index < -0.39 is 5.82 Å². The number of thioether (sulfide) groups is 1. The lowest BCUT2D eigenvalue weighted by Crippen LogP contribution is -2.28. The molecular formula is C21H20ClFN4OS. The quantitative estimate of drug-likeness (QED) is 0.510. The van der Waals surface area contributed by atoms with Crippen molar-refractivity contribution < 1.29 is 9.18 Å². The Morgan fingerprint density at radius 1 is 1.21 bits per heavy atom. The van der Waals surface area contributed by atoms with Crippen molar-refractivity contribution in [2.24, 2.45) is 0 Å². The summed E-state index contributed by atoms with van der Waals surface area (Å²) in [6.07, 6.45) is 2.22. The average Bonchev–Trinajstić information content (AvgIpc) is 3.48. The van der Waals surface area contributed by atoms with Crippen molar-refractivity contribution in [3.8, 4) is 5.69 Å². The Hall–Kier alpha value is -2.38. The molecule has 1 heterocycles. The summed E-state index contributed by atoms with van der Waals surface area (Å²) in [4.78, 5) is 14.1. The van der Waals surface area contributed by atoms with Crippen molar-refractivity contribution >= 4 is 29.3 Å². The Balaban J connectivity index is 1.47. The van der Waals surface area contributed by atoms with E-state index in [-0.39, 0.29) is 18.2 Å². The molecule has 0 saturated heterocycles. The standard InChI is InChI=1S/C21H20ClFN4OS/c1-26(12-16-17(22)8-5-9-18(16)23)19(28)13-29-21-25-24-20(14-10-11-14)27(21)15-6-3-2-4-7-15/h2-9,14H,10-13H2,1H3. The fourth-order valence-corrected chi connectivity index (χ4v) is 4.17. The lowest BCUT2D eigenvalue weighted by molar-refractivity contribution is -0.127. The first-order valence-electron chi connectivity index (χ1n) is 9.35. The van der Waals surface area contributed by atoms with Crippen molar-refractivity contribution in [1.82, 2.24) is 19.7 Å². The van der Waals surface area contributed by atoms with Gasteiger partial charge < -0.3 is 4.90 Å². The molecule has 0 N–H and O–H groups in total. The topological polar surface area (TPSA) is 51.0 Å². The zero-order chi connectivity index (χ0) is 20.4.